The standard InChI is InChI=1S/C18H17ClN2O/c1-12-4-3-5-13(2)18(12)20-17(22)11-21-9-8-14-10-15(19)6-7-16(14)21/h3-10H,11H2,1-2H3,(H,20,22). The number of anilines is 1. The van der Waals surface area contributed by atoms with E-state index in [9.17, 15) is 4.79 Å². The maximum atomic E-state index is 12.3. The summed E-state index contributed by atoms with van der Waals surface area (Å²) in [6.07, 6.45) is 1.91. The normalized spacial score (nSPS) is 10.9. The van der Waals surface area contributed by atoms with E-state index < -0.39 is 0 Å². The number of nitrogens with zero attached hydrogens (tertiary/aromatic N) is 1. The molecular formula is C18H17ClN2O. The van der Waals surface area contributed by atoms with Gasteiger partial charge >= 0.3 is 0 Å². The van der Waals surface area contributed by atoms with Crippen molar-refractivity contribution in [1.29, 1.82) is 0 Å². The highest BCUT2D eigenvalue weighted by molar-refractivity contribution is 6.31. The Morgan fingerprint density at radius 2 is 1.86 bits per heavy atom. The second-order valence-corrected chi connectivity index (χ2v) is 5.90. The van der Waals surface area contributed by atoms with Crippen molar-refractivity contribution in [3.8, 4) is 0 Å². The van der Waals surface area contributed by atoms with Crippen molar-refractivity contribution in [2.45, 2.75) is 20.4 Å². The van der Waals surface area contributed by atoms with Gasteiger partial charge in [0.1, 0.15) is 6.54 Å². The fourth-order valence-electron chi connectivity index (χ4n) is 2.65. The number of aromatic nitrogens is 1. The molecule has 22 heavy (non-hydrogen) atoms. The van der Waals surface area contributed by atoms with Crippen LogP contribution in [0.5, 0.6) is 0 Å². The topological polar surface area (TPSA) is 34.0 Å². The Morgan fingerprint density at radius 3 is 2.59 bits per heavy atom. The molecule has 0 saturated heterocycles. The van der Waals surface area contributed by atoms with Crippen molar-refractivity contribution in [3.63, 3.8) is 0 Å². The maximum absolute atomic E-state index is 12.3. The molecule has 3 aromatic rings. The molecule has 1 heterocycles. The summed E-state index contributed by atoms with van der Waals surface area (Å²) in [4.78, 5) is 12.3. The molecule has 3 nitrogen and oxygen atoms in total. The third kappa shape index (κ3) is 2.85. The molecule has 0 saturated carbocycles. The average molecular weight is 313 g/mol. The predicted octanol–water partition coefficient (Wildman–Crippen LogP) is 4.55. The molecule has 1 N–H and O–H groups in total. The van der Waals surface area contributed by atoms with Gasteiger partial charge in [0.05, 0.1) is 0 Å². The quantitative estimate of drug-likeness (QED) is 0.756. The Bertz CT molecular complexity index is 831. The fraction of sp³-hybridized carbons (Fsp3) is 0.167. The first-order valence-corrected chi connectivity index (χ1v) is 7.53. The van der Waals surface area contributed by atoms with Gasteiger partial charge < -0.3 is 9.88 Å². The molecule has 3 rings (SSSR count). The van der Waals surface area contributed by atoms with Crippen LogP contribution in [0.2, 0.25) is 5.02 Å². The monoisotopic (exact) mass is 312 g/mol. The Morgan fingerprint density at radius 1 is 1.14 bits per heavy atom. The zero-order valence-electron chi connectivity index (χ0n) is 12.6. The van der Waals surface area contributed by atoms with E-state index >= 15 is 0 Å². The smallest absolute Gasteiger partial charge is 0.244 e. The van der Waals surface area contributed by atoms with Crippen LogP contribution in [0.1, 0.15) is 11.1 Å². The van der Waals surface area contributed by atoms with Crippen LogP contribution >= 0.6 is 11.6 Å². The zero-order valence-corrected chi connectivity index (χ0v) is 13.3. The molecule has 0 bridgehead atoms. The van der Waals surface area contributed by atoms with Gasteiger partial charge in [0, 0.05) is 27.8 Å². The van der Waals surface area contributed by atoms with Gasteiger partial charge in [0.25, 0.3) is 0 Å². The lowest BCUT2D eigenvalue weighted by molar-refractivity contribution is -0.116. The summed E-state index contributed by atoms with van der Waals surface area (Å²) in [7, 11) is 0. The van der Waals surface area contributed by atoms with Crippen molar-refractivity contribution in [1.82, 2.24) is 4.57 Å². The van der Waals surface area contributed by atoms with E-state index in [2.05, 4.69) is 5.32 Å². The molecule has 1 amide bonds. The number of para-hydroxylation sites is 1. The molecule has 112 valence electrons. The van der Waals surface area contributed by atoms with Crippen LogP contribution in [0.4, 0.5) is 5.69 Å². The third-order valence-electron chi connectivity index (χ3n) is 3.79. The average Bonchev–Trinajstić information content (AvgIpc) is 2.85. The largest absolute Gasteiger partial charge is 0.338 e. The molecule has 0 spiro atoms. The molecule has 1 aromatic heterocycles. The summed E-state index contributed by atoms with van der Waals surface area (Å²) >= 11 is 5.99. The first-order chi connectivity index (χ1) is 10.5. The number of halogens is 1. The van der Waals surface area contributed by atoms with Crippen LogP contribution < -0.4 is 5.32 Å². The molecule has 0 aliphatic rings. The van der Waals surface area contributed by atoms with E-state index in [0.717, 1.165) is 27.7 Å². The first-order valence-electron chi connectivity index (χ1n) is 7.15. The summed E-state index contributed by atoms with van der Waals surface area (Å²) in [6, 6.07) is 13.6. The van der Waals surface area contributed by atoms with Crippen LogP contribution in [0.25, 0.3) is 10.9 Å². The number of amides is 1. The number of hydrogen-bond donors (Lipinski definition) is 1. The predicted molar refractivity (Wildman–Crippen MR) is 91.5 cm³/mol. The Hall–Kier alpha value is -2.26. The summed E-state index contributed by atoms with van der Waals surface area (Å²) in [6.45, 7) is 4.27. The molecule has 0 atom stereocenters. The van der Waals surface area contributed by atoms with Crippen LogP contribution in [-0.4, -0.2) is 10.5 Å². The molecule has 0 unspecified atom stereocenters. The highest BCUT2D eigenvalue weighted by atomic mass is 35.5. The molecule has 0 radical (unpaired) electrons. The van der Waals surface area contributed by atoms with Crippen LogP contribution in [0.15, 0.2) is 48.7 Å². The summed E-state index contributed by atoms with van der Waals surface area (Å²) in [5.74, 6) is -0.0372. The van der Waals surface area contributed by atoms with Crippen LogP contribution in [-0.2, 0) is 11.3 Å². The van der Waals surface area contributed by atoms with Crippen LogP contribution in [0, 0.1) is 13.8 Å². The molecule has 0 fully saturated rings. The Labute approximate surface area is 134 Å². The Balaban J connectivity index is 1.82. The Kier molecular flexibility index (Phi) is 3.90. The summed E-state index contributed by atoms with van der Waals surface area (Å²) in [5.41, 5.74) is 4.03. The molecule has 4 heteroatoms. The number of aryl methyl sites for hydroxylation is 2. The minimum atomic E-state index is -0.0372. The van der Waals surface area contributed by atoms with Gasteiger partial charge in [0.15, 0.2) is 0 Å². The lowest BCUT2D eigenvalue weighted by Crippen LogP contribution is -2.19. The summed E-state index contributed by atoms with van der Waals surface area (Å²) in [5, 5.41) is 4.74. The number of nitrogens with one attached hydrogen (secondary N) is 1. The molecule has 0 aliphatic carbocycles. The van der Waals surface area contributed by atoms with E-state index in [4.69, 9.17) is 11.6 Å². The van der Waals surface area contributed by atoms with Crippen molar-refractivity contribution < 1.29 is 4.79 Å². The minimum Gasteiger partial charge on any atom is -0.338 e. The van der Waals surface area contributed by atoms with Gasteiger partial charge in [-0.2, -0.15) is 0 Å². The van der Waals surface area contributed by atoms with E-state index in [1.807, 2.05) is 67.1 Å². The summed E-state index contributed by atoms with van der Waals surface area (Å²) < 4.78 is 1.93. The minimum absolute atomic E-state index is 0.0372. The second-order valence-electron chi connectivity index (χ2n) is 5.46. The number of hydrogen-bond acceptors (Lipinski definition) is 1. The number of fused-ring (bicyclic) bond motifs is 1. The SMILES string of the molecule is Cc1cccc(C)c1NC(=O)Cn1ccc2cc(Cl)ccc21. The second kappa shape index (κ2) is 5.85. The lowest BCUT2D eigenvalue weighted by atomic mass is 10.1. The van der Waals surface area contributed by atoms with Gasteiger partial charge in [-0.1, -0.05) is 29.8 Å². The number of benzene rings is 2. The van der Waals surface area contributed by atoms with E-state index in [1.54, 1.807) is 0 Å². The highest BCUT2D eigenvalue weighted by Gasteiger charge is 2.09. The number of rotatable bonds is 3. The van der Waals surface area contributed by atoms with Crippen LogP contribution in [0.3, 0.4) is 0 Å². The van der Waals surface area contributed by atoms with Gasteiger partial charge in [0.2, 0.25) is 5.91 Å². The first kappa shape index (κ1) is 14.7. The highest BCUT2D eigenvalue weighted by Crippen LogP contribution is 2.22. The van der Waals surface area contributed by atoms with E-state index in [1.165, 1.54) is 0 Å². The van der Waals surface area contributed by atoms with E-state index in [0.29, 0.717) is 5.02 Å². The van der Waals surface area contributed by atoms with Gasteiger partial charge in [-0.15, -0.1) is 0 Å². The fourth-order valence-corrected chi connectivity index (χ4v) is 2.83. The molecule has 2 aromatic carbocycles. The van der Waals surface area contributed by atoms with Gasteiger partial charge in [-0.25, -0.2) is 0 Å². The van der Waals surface area contributed by atoms with Gasteiger partial charge in [-0.05, 0) is 49.2 Å². The lowest BCUT2D eigenvalue weighted by Gasteiger charge is -2.12. The third-order valence-corrected chi connectivity index (χ3v) is 4.03. The van der Waals surface area contributed by atoms with Crippen molar-refractivity contribution >= 4 is 34.1 Å². The van der Waals surface area contributed by atoms with E-state index in [-0.39, 0.29) is 12.5 Å². The van der Waals surface area contributed by atoms with Crippen molar-refractivity contribution in [2.24, 2.45) is 0 Å². The number of carbonyl (C=O) groups is 1. The van der Waals surface area contributed by atoms with Gasteiger partial charge in [-0.3, -0.25) is 4.79 Å². The molecule has 0 aliphatic heterocycles. The maximum Gasteiger partial charge on any atom is 0.244 e. The van der Waals surface area contributed by atoms with Crippen molar-refractivity contribution in [2.75, 3.05) is 5.32 Å². The molecular weight excluding hydrogens is 296 g/mol. The number of carbonyl (C=O) groups excluding carboxylic acids is 1. The zero-order chi connectivity index (χ0) is 15.7. The van der Waals surface area contributed by atoms with Crippen molar-refractivity contribution in [3.05, 3.63) is 64.8 Å².